The highest BCUT2D eigenvalue weighted by Gasteiger charge is 2.19. The topological polar surface area (TPSA) is 70.2 Å². The second-order valence-electron chi connectivity index (χ2n) is 4.22. The molecule has 0 spiro atoms. The van der Waals surface area contributed by atoms with E-state index in [0.29, 0.717) is 0 Å². The van der Waals surface area contributed by atoms with Crippen LogP contribution in [0.1, 0.15) is 0 Å². The number of para-hydroxylation sites is 1. The Morgan fingerprint density at radius 1 is 0.947 bits per heavy atom. The van der Waals surface area contributed by atoms with Crippen LogP contribution < -0.4 is 0 Å². The van der Waals surface area contributed by atoms with Crippen molar-refractivity contribution in [3.63, 3.8) is 0 Å². The van der Waals surface area contributed by atoms with Gasteiger partial charge in [0.1, 0.15) is 10.8 Å². The van der Waals surface area contributed by atoms with Crippen molar-refractivity contribution in [3.8, 4) is 5.75 Å². The molecule has 19 heavy (non-hydrogen) atoms. The summed E-state index contributed by atoms with van der Waals surface area (Å²) >= 11 is 0. The molecule has 2 N–H and O–H groups in total. The van der Waals surface area contributed by atoms with Crippen LogP contribution in [0.5, 0.6) is 5.75 Å². The molecule has 0 radical (unpaired) electrons. The molecule has 0 saturated heterocycles. The maximum absolute atomic E-state index is 12.4. The number of sulfone groups is 1. The third-order valence-electron chi connectivity index (χ3n) is 2.94. The van der Waals surface area contributed by atoms with E-state index in [1.165, 1.54) is 24.3 Å². The van der Waals surface area contributed by atoms with E-state index in [4.69, 9.17) is 0 Å². The minimum absolute atomic E-state index is 0.0376. The van der Waals surface area contributed by atoms with Crippen LogP contribution in [-0.4, -0.2) is 18.5 Å². The monoisotopic (exact) mass is 273 g/mol. The van der Waals surface area contributed by atoms with Crippen LogP contribution in [0.15, 0.2) is 64.5 Å². The van der Waals surface area contributed by atoms with Crippen molar-refractivity contribution < 1.29 is 13.5 Å². The van der Waals surface area contributed by atoms with Crippen molar-refractivity contribution in [3.05, 3.63) is 54.6 Å². The summed E-state index contributed by atoms with van der Waals surface area (Å²) in [5.74, 6) is 0.0376. The minimum Gasteiger partial charge on any atom is -0.508 e. The molecule has 5 heteroatoms. The highest BCUT2D eigenvalue weighted by molar-refractivity contribution is 7.91. The number of aromatic nitrogens is 1. The van der Waals surface area contributed by atoms with E-state index in [1.807, 2.05) is 24.3 Å². The molecule has 0 aliphatic carbocycles. The maximum Gasteiger partial charge on any atom is 0.221 e. The molecule has 4 nitrogen and oxygen atoms in total. The molecule has 2 aromatic carbocycles. The van der Waals surface area contributed by atoms with Crippen molar-refractivity contribution in [2.24, 2.45) is 0 Å². The summed E-state index contributed by atoms with van der Waals surface area (Å²) in [7, 11) is -3.58. The summed E-state index contributed by atoms with van der Waals surface area (Å²) in [5, 5.41) is 10.2. The number of aromatic amines is 1. The molecule has 3 aromatic rings. The summed E-state index contributed by atoms with van der Waals surface area (Å²) in [6, 6.07) is 14.5. The fourth-order valence-corrected chi connectivity index (χ4v) is 3.22. The van der Waals surface area contributed by atoms with Gasteiger partial charge in [0.25, 0.3) is 0 Å². The van der Waals surface area contributed by atoms with Gasteiger partial charge in [-0.15, -0.1) is 0 Å². The highest BCUT2D eigenvalue weighted by atomic mass is 32.2. The van der Waals surface area contributed by atoms with Crippen molar-refractivity contribution >= 4 is 20.7 Å². The SMILES string of the molecule is O=S(=O)(c1ccc(O)cc1)c1cc2ccccc2[nH]1. The molecule has 1 heterocycles. The average molecular weight is 273 g/mol. The molecule has 0 aliphatic heterocycles. The van der Waals surface area contributed by atoms with Crippen LogP contribution in [0, 0.1) is 0 Å². The first-order valence-corrected chi connectivity index (χ1v) is 7.17. The lowest BCUT2D eigenvalue weighted by Gasteiger charge is -2.01. The number of phenolic OH excluding ortho intramolecular Hbond substituents is 1. The molecule has 0 saturated carbocycles. The Kier molecular flexibility index (Phi) is 2.57. The van der Waals surface area contributed by atoms with Gasteiger partial charge in [-0.25, -0.2) is 8.42 Å². The van der Waals surface area contributed by atoms with Gasteiger partial charge in [0.05, 0.1) is 4.90 Å². The van der Waals surface area contributed by atoms with Gasteiger partial charge in [-0.3, -0.25) is 0 Å². The first-order valence-electron chi connectivity index (χ1n) is 5.69. The summed E-state index contributed by atoms with van der Waals surface area (Å²) in [6.07, 6.45) is 0. The molecule has 96 valence electrons. The predicted octanol–water partition coefficient (Wildman–Crippen LogP) is 2.71. The van der Waals surface area contributed by atoms with E-state index in [0.717, 1.165) is 10.9 Å². The smallest absolute Gasteiger partial charge is 0.221 e. The Hall–Kier alpha value is -2.27. The normalized spacial score (nSPS) is 11.8. The van der Waals surface area contributed by atoms with Crippen LogP contribution >= 0.6 is 0 Å². The number of rotatable bonds is 2. The largest absolute Gasteiger partial charge is 0.508 e. The van der Waals surface area contributed by atoms with Gasteiger partial charge in [0, 0.05) is 10.9 Å². The zero-order chi connectivity index (χ0) is 13.5. The fourth-order valence-electron chi connectivity index (χ4n) is 1.94. The Morgan fingerprint density at radius 2 is 1.63 bits per heavy atom. The van der Waals surface area contributed by atoms with Crippen molar-refractivity contribution in [1.29, 1.82) is 0 Å². The van der Waals surface area contributed by atoms with Gasteiger partial charge in [-0.2, -0.15) is 0 Å². The van der Waals surface area contributed by atoms with Crippen molar-refractivity contribution in [2.75, 3.05) is 0 Å². The zero-order valence-corrected chi connectivity index (χ0v) is 10.7. The highest BCUT2D eigenvalue weighted by Crippen LogP contribution is 2.25. The van der Waals surface area contributed by atoms with E-state index < -0.39 is 9.84 Å². The molecule has 3 rings (SSSR count). The van der Waals surface area contributed by atoms with Crippen molar-refractivity contribution in [1.82, 2.24) is 4.98 Å². The molecule has 0 fully saturated rings. The molecule has 0 bridgehead atoms. The van der Waals surface area contributed by atoms with Crippen LogP contribution in [-0.2, 0) is 9.84 Å². The lowest BCUT2D eigenvalue weighted by atomic mass is 10.3. The number of benzene rings is 2. The Bertz CT molecular complexity index is 800. The van der Waals surface area contributed by atoms with Crippen LogP contribution in [0.2, 0.25) is 0 Å². The molecule has 0 amide bonds. The minimum atomic E-state index is -3.58. The van der Waals surface area contributed by atoms with Gasteiger partial charge in [-0.05, 0) is 36.4 Å². The first kappa shape index (κ1) is 11.8. The number of aromatic hydroxyl groups is 1. The first-order chi connectivity index (χ1) is 9.07. The number of hydrogen-bond donors (Lipinski definition) is 2. The van der Waals surface area contributed by atoms with Gasteiger partial charge in [0.2, 0.25) is 9.84 Å². The Balaban J connectivity index is 2.16. The zero-order valence-electron chi connectivity index (χ0n) is 9.87. The summed E-state index contributed by atoms with van der Waals surface area (Å²) in [6.45, 7) is 0. The van der Waals surface area contributed by atoms with E-state index in [2.05, 4.69) is 4.98 Å². The summed E-state index contributed by atoms with van der Waals surface area (Å²) in [5.41, 5.74) is 0.778. The summed E-state index contributed by atoms with van der Waals surface area (Å²) in [4.78, 5) is 3.05. The van der Waals surface area contributed by atoms with Gasteiger partial charge in [0.15, 0.2) is 0 Å². The third kappa shape index (κ3) is 1.98. The van der Waals surface area contributed by atoms with Crippen molar-refractivity contribution in [2.45, 2.75) is 9.92 Å². The van der Waals surface area contributed by atoms with E-state index >= 15 is 0 Å². The average Bonchev–Trinajstić information content (AvgIpc) is 2.83. The molecule has 0 aliphatic rings. The fraction of sp³-hybridized carbons (Fsp3) is 0. The van der Waals surface area contributed by atoms with Gasteiger partial charge in [-0.1, -0.05) is 18.2 Å². The number of nitrogens with one attached hydrogen (secondary N) is 1. The number of phenols is 1. The number of H-pyrrole nitrogens is 1. The van der Waals surface area contributed by atoms with Crippen LogP contribution in [0.4, 0.5) is 0 Å². The van der Waals surface area contributed by atoms with E-state index in [9.17, 15) is 13.5 Å². The quantitative estimate of drug-likeness (QED) is 0.754. The molecular weight excluding hydrogens is 262 g/mol. The van der Waals surface area contributed by atoms with Crippen LogP contribution in [0.25, 0.3) is 10.9 Å². The second kappa shape index (κ2) is 4.13. The molecular formula is C14H11NO3S. The lowest BCUT2D eigenvalue weighted by Crippen LogP contribution is -2.01. The van der Waals surface area contributed by atoms with Gasteiger partial charge >= 0.3 is 0 Å². The summed E-state index contributed by atoms with van der Waals surface area (Å²) < 4.78 is 24.8. The predicted molar refractivity (Wildman–Crippen MR) is 71.9 cm³/mol. The standard InChI is InChI=1S/C14H11NO3S/c16-11-5-7-12(8-6-11)19(17,18)14-9-10-3-1-2-4-13(10)15-14/h1-9,15-16H. The Morgan fingerprint density at radius 3 is 2.32 bits per heavy atom. The van der Waals surface area contributed by atoms with E-state index in [-0.39, 0.29) is 15.7 Å². The van der Waals surface area contributed by atoms with E-state index in [1.54, 1.807) is 6.07 Å². The lowest BCUT2D eigenvalue weighted by molar-refractivity contribution is 0.475. The number of fused-ring (bicyclic) bond motifs is 1. The van der Waals surface area contributed by atoms with Crippen LogP contribution in [0.3, 0.4) is 0 Å². The van der Waals surface area contributed by atoms with Gasteiger partial charge < -0.3 is 10.1 Å². The third-order valence-corrected chi connectivity index (χ3v) is 4.63. The maximum atomic E-state index is 12.4. The number of hydrogen-bond acceptors (Lipinski definition) is 3. The Labute approximate surface area is 110 Å². The molecule has 0 atom stereocenters. The molecule has 0 unspecified atom stereocenters. The molecule has 1 aromatic heterocycles. The second-order valence-corrected chi connectivity index (χ2v) is 6.14.